The number of aromatic amines is 1. The topological polar surface area (TPSA) is 142 Å². The third-order valence-electron chi connectivity index (χ3n) is 4.09. The lowest BCUT2D eigenvalue weighted by Crippen LogP contribution is -2.34. The van der Waals surface area contributed by atoms with Crippen molar-refractivity contribution in [3.63, 3.8) is 0 Å². The summed E-state index contributed by atoms with van der Waals surface area (Å²) >= 11 is 0. The van der Waals surface area contributed by atoms with Crippen LogP contribution >= 0.6 is 0 Å². The maximum Gasteiger partial charge on any atom is 0.330 e. The molecule has 2 N–H and O–H groups in total. The lowest BCUT2D eigenvalue weighted by atomic mass is 10.1. The third-order valence-corrected chi connectivity index (χ3v) is 4.09. The average molecular weight is 353 g/mol. The first-order valence-corrected chi connectivity index (χ1v) is 8.33. The fourth-order valence-electron chi connectivity index (χ4n) is 2.72. The molecule has 1 aromatic heterocycles. The number of H-pyrrole nitrogens is 1. The Balaban J connectivity index is 2.13. The van der Waals surface area contributed by atoms with Crippen molar-refractivity contribution in [3.05, 3.63) is 43.0 Å². The Kier molecular flexibility index (Phi) is 7.20. The molecule has 0 aliphatic carbocycles. The molecule has 0 radical (unpaired) electrons. The number of unbranched alkanes of at least 4 members (excludes halogenated alkanes) is 2. The summed E-state index contributed by atoms with van der Waals surface area (Å²) in [4.78, 5) is 29.0. The van der Waals surface area contributed by atoms with Crippen LogP contribution in [0.25, 0.3) is 10.4 Å². The molecule has 0 bridgehead atoms. The third kappa shape index (κ3) is 4.93. The van der Waals surface area contributed by atoms with Gasteiger partial charge in [0.1, 0.15) is 6.23 Å². The second-order valence-electron chi connectivity index (χ2n) is 5.90. The van der Waals surface area contributed by atoms with Crippen LogP contribution in [0.15, 0.2) is 20.9 Å². The standard InChI is InChI=1S/C15H23N5O5/c1-2-3-4-5-24-9-10-7-20(15(23)17-14(10)22)13-6-11(18-19-16)12(8-21)25-13/h7,11-13,21H,2-6,8-9H2,1H3,(H,17,22,23)/t11-,12+,13+/m0/s1. The van der Waals surface area contributed by atoms with E-state index < -0.39 is 29.6 Å². The van der Waals surface area contributed by atoms with E-state index in [2.05, 4.69) is 21.9 Å². The highest BCUT2D eigenvalue weighted by atomic mass is 16.5. The van der Waals surface area contributed by atoms with Gasteiger partial charge in [0.2, 0.25) is 0 Å². The molecule has 1 aliphatic heterocycles. The maximum atomic E-state index is 12.1. The maximum absolute atomic E-state index is 12.1. The average Bonchev–Trinajstić information content (AvgIpc) is 2.99. The zero-order valence-corrected chi connectivity index (χ0v) is 14.1. The second kappa shape index (κ2) is 9.38. The van der Waals surface area contributed by atoms with E-state index in [1.165, 1.54) is 10.8 Å². The molecule has 0 unspecified atom stereocenters. The number of hydrogen-bond donors (Lipinski definition) is 2. The van der Waals surface area contributed by atoms with Gasteiger partial charge in [-0.05, 0) is 12.0 Å². The molecule has 1 saturated heterocycles. The van der Waals surface area contributed by atoms with Crippen LogP contribution < -0.4 is 11.2 Å². The van der Waals surface area contributed by atoms with Crippen molar-refractivity contribution in [3.8, 4) is 0 Å². The molecular weight excluding hydrogens is 330 g/mol. The van der Waals surface area contributed by atoms with E-state index in [1.54, 1.807) is 0 Å². The second-order valence-corrected chi connectivity index (χ2v) is 5.90. The Labute approximate surface area is 144 Å². The van der Waals surface area contributed by atoms with Gasteiger partial charge in [0.25, 0.3) is 5.56 Å². The molecule has 1 fully saturated rings. The van der Waals surface area contributed by atoms with Crippen LogP contribution in [0.2, 0.25) is 0 Å². The number of aliphatic hydroxyl groups excluding tert-OH is 1. The van der Waals surface area contributed by atoms with Crippen molar-refractivity contribution >= 4 is 0 Å². The summed E-state index contributed by atoms with van der Waals surface area (Å²) in [6.07, 6.45) is 3.26. The quantitative estimate of drug-likeness (QED) is 0.297. The minimum absolute atomic E-state index is 0.0925. The predicted molar refractivity (Wildman–Crippen MR) is 89.1 cm³/mol. The van der Waals surface area contributed by atoms with Crippen molar-refractivity contribution in [2.45, 2.75) is 57.6 Å². The molecule has 25 heavy (non-hydrogen) atoms. The van der Waals surface area contributed by atoms with Crippen LogP contribution in [-0.4, -0.2) is 40.0 Å². The smallest absolute Gasteiger partial charge is 0.330 e. The summed E-state index contributed by atoms with van der Waals surface area (Å²) in [6.45, 7) is 2.39. The zero-order valence-electron chi connectivity index (χ0n) is 14.1. The number of aromatic nitrogens is 2. The molecule has 0 amide bonds. The molecule has 1 aliphatic rings. The van der Waals surface area contributed by atoms with Crippen LogP contribution in [0.1, 0.15) is 44.4 Å². The zero-order chi connectivity index (χ0) is 18.2. The minimum Gasteiger partial charge on any atom is -0.394 e. The van der Waals surface area contributed by atoms with Gasteiger partial charge >= 0.3 is 5.69 Å². The predicted octanol–water partition coefficient (Wildman–Crippen LogP) is 1.20. The first-order chi connectivity index (χ1) is 12.1. The first kappa shape index (κ1) is 19.2. The fraction of sp³-hybridized carbons (Fsp3) is 0.733. The Morgan fingerprint density at radius 1 is 1.52 bits per heavy atom. The van der Waals surface area contributed by atoms with Crippen LogP contribution in [-0.2, 0) is 16.1 Å². The van der Waals surface area contributed by atoms with Crippen LogP contribution in [0.5, 0.6) is 0 Å². The Morgan fingerprint density at radius 3 is 3.00 bits per heavy atom. The normalized spacial score (nSPS) is 22.7. The molecule has 10 heteroatoms. The van der Waals surface area contributed by atoms with E-state index in [-0.39, 0.29) is 19.6 Å². The van der Waals surface area contributed by atoms with Gasteiger partial charge in [-0.1, -0.05) is 24.9 Å². The first-order valence-electron chi connectivity index (χ1n) is 8.33. The largest absolute Gasteiger partial charge is 0.394 e. The molecule has 0 spiro atoms. The highest BCUT2D eigenvalue weighted by molar-refractivity contribution is 5.04. The Morgan fingerprint density at radius 2 is 2.32 bits per heavy atom. The summed E-state index contributed by atoms with van der Waals surface area (Å²) in [5.74, 6) is 0. The molecule has 138 valence electrons. The van der Waals surface area contributed by atoms with Gasteiger partial charge in [-0.3, -0.25) is 14.3 Å². The number of hydrogen-bond acceptors (Lipinski definition) is 6. The van der Waals surface area contributed by atoms with Gasteiger partial charge in [0.15, 0.2) is 0 Å². The van der Waals surface area contributed by atoms with Crippen molar-refractivity contribution in [2.75, 3.05) is 13.2 Å². The Bertz CT molecular complexity index is 724. The molecule has 0 saturated carbocycles. The molecule has 0 aromatic carbocycles. The van der Waals surface area contributed by atoms with Crippen LogP contribution in [0.3, 0.4) is 0 Å². The lowest BCUT2D eigenvalue weighted by molar-refractivity contribution is -0.0274. The van der Waals surface area contributed by atoms with Crippen molar-refractivity contribution < 1.29 is 14.6 Å². The van der Waals surface area contributed by atoms with Gasteiger partial charge in [0.05, 0.1) is 30.9 Å². The van der Waals surface area contributed by atoms with Gasteiger partial charge in [0, 0.05) is 24.1 Å². The number of ether oxygens (including phenoxy) is 2. The number of aliphatic hydroxyl groups is 1. The summed E-state index contributed by atoms with van der Waals surface area (Å²) in [5, 5.41) is 12.9. The van der Waals surface area contributed by atoms with Gasteiger partial charge in [-0.2, -0.15) is 0 Å². The van der Waals surface area contributed by atoms with Crippen LogP contribution in [0.4, 0.5) is 0 Å². The highest BCUT2D eigenvalue weighted by Crippen LogP contribution is 2.29. The van der Waals surface area contributed by atoms with E-state index in [0.717, 1.165) is 19.3 Å². The fourth-order valence-corrected chi connectivity index (χ4v) is 2.72. The van der Waals surface area contributed by atoms with E-state index >= 15 is 0 Å². The van der Waals surface area contributed by atoms with Gasteiger partial charge < -0.3 is 14.6 Å². The number of azide groups is 1. The highest BCUT2D eigenvalue weighted by Gasteiger charge is 2.35. The molecule has 10 nitrogen and oxygen atoms in total. The Hall–Kier alpha value is -2.13. The van der Waals surface area contributed by atoms with Crippen molar-refractivity contribution in [1.29, 1.82) is 0 Å². The number of rotatable bonds is 9. The lowest BCUT2D eigenvalue weighted by Gasteiger charge is -2.15. The summed E-state index contributed by atoms with van der Waals surface area (Å²) < 4.78 is 12.3. The van der Waals surface area contributed by atoms with Crippen molar-refractivity contribution in [1.82, 2.24) is 9.55 Å². The van der Waals surface area contributed by atoms with E-state index in [4.69, 9.17) is 15.0 Å². The van der Waals surface area contributed by atoms with Crippen molar-refractivity contribution in [2.24, 2.45) is 5.11 Å². The molecule has 2 heterocycles. The van der Waals surface area contributed by atoms with E-state index in [9.17, 15) is 14.7 Å². The molecule has 3 atom stereocenters. The number of nitrogens with one attached hydrogen (secondary N) is 1. The van der Waals surface area contributed by atoms with Crippen LogP contribution in [0, 0.1) is 0 Å². The van der Waals surface area contributed by atoms with Gasteiger partial charge in [-0.15, -0.1) is 0 Å². The van der Waals surface area contributed by atoms with E-state index in [1.807, 2.05) is 0 Å². The summed E-state index contributed by atoms with van der Waals surface area (Å²) in [6, 6.07) is -0.576. The molecule has 1 aromatic rings. The minimum atomic E-state index is -0.726. The summed E-state index contributed by atoms with van der Waals surface area (Å²) in [7, 11) is 0. The molecule has 2 rings (SSSR count). The van der Waals surface area contributed by atoms with E-state index in [0.29, 0.717) is 12.2 Å². The monoisotopic (exact) mass is 353 g/mol. The summed E-state index contributed by atoms with van der Waals surface area (Å²) in [5.41, 5.74) is 7.77. The van der Waals surface area contributed by atoms with Gasteiger partial charge in [-0.25, -0.2) is 4.79 Å². The number of nitrogens with zero attached hydrogens (tertiary/aromatic N) is 4. The molecular formula is C15H23N5O5. The SMILES string of the molecule is CCCCCOCc1cn([C@H]2C[C@H](N=[N+]=[N-])[C@@H](CO)O2)c(=O)[nH]c1=O.